The van der Waals surface area contributed by atoms with Gasteiger partial charge in [0.05, 0.1) is 0 Å². The van der Waals surface area contributed by atoms with E-state index in [9.17, 15) is 21.6 Å². The molecule has 1 aromatic rings. The van der Waals surface area contributed by atoms with Crippen LogP contribution in [0, 0.1) is 5.82 Å². The number of hydrogen-bond acceptors (Lipinski definition) is 3. The highest BCUT2D eigenvalue weighted by molar-refractivity contribution is 8.13. The van der Waals surface area contributed by atoms with E-state index in [0.29, 0.717) is 6.07 Å². The fraction of sp³-hybridized carbons (Fsp3) is 0.167. The summed E-state index contributed by atoms with van der Waals surface area (Å²) in [6.07, 6.45) is -3.12. The minimum absolute atomic E-state index is 0.346. The first kappa shape index (κ1) is 12.5. The standard InChI is InChI=1S/C6H2Cl2F3NO2S/c7-4-2(9)1-3(5(10)11)12-6(4)15(8,13)14/h1,5H. The Labute approximate surface area is 92.2 Å². The molecule has 9 heteroatoms. The van der Waals surface area contributed by atoms with Crippen molar-refractivity contribution < 1.29 is 21.6 Å². The van der Waals surface area contributed by atoms with Crippen molar-refractivity contribution in [3.8, 4) is 0 Å². The zero-order valence-electron chi connectivity index (χ0n) is 6.72. The zero-order valence-corrected chi connectivity index (χ0v) is 9.04. The smallest absolute Gasteiger partial charge is 0.232 e. The van der Waals surface area contributed by atoms with Gasteiger partial charge in [0.25, 0.3) is 15.5 Å². The van der Waals surface area contributed by atoms with Crippen molar-refractivity contribution in [2.75, 3.05) is 0 Å². The number of nitrogens with zero attached hydrogens (tertiary/aromatic N) is 1. The van der Waals surface area contributed by atoms with Crippen molar-refractivity contribution >= 4 is 31.3 Å². The Morgan fingerprint density at radius 1 is 1.40 bits per heavy atom. The molecule has 0 aromatic carbocycles. The van der Waals surface area contributed by atoms with Gasteiger partial charge in [0.2, 0.25) is 0 Å². The van der Waals surface area contributed by atoms with E-state index in [1.807, 2.05) is 0 Å². The molecule has 0 aliphatic rings. The summed E-state index contributed by atoms with van der Waals surface area (Å²) in [6.45, 7) is 0. The molecule has 0 radical (unpaired) electrons. The van der Waals surface area contributed by atoms with Gasteiger partial charge in [0.15, 0.2) is 5.03 Å². The molecule has 3 nitrogen and oxygen atoms in total. The molecule has 84 valence electrons. The molecule has 15 heavy (non-hydrogen) atoms. The summed E-state index contributed by atoms with van der Waals surface area (Å²) in [6, 6.07) is 0.346. The van der Waals surface area contributed by atoms with Gasteiger partial charge < -0.3 is 0 Å². The topological polar surface area (TPSA) is 47.0 Å². The van der Waals surface area contributed by atoms with Crippen LogP contribution in [0.25, 0.3) is 0 Å². The highest BCUT2D eigenvalue weighted by Gasteiger charge is 2.24. The lowest BCUT2D eigenvalue weighted by Gasteiger charge is -2.04. The van der Waals surface area contributed by atoms with Crippen molar-refractivity contribution in [2.24, 2.45) is 0 Å². The summed E-state index contributed by atoms with van der Waals surface area (Å²) in [5, 5.41) is -2.02. The molecule has 0 amide bonds. The van der Waals surface area contributed by atoms with Crippen LogP contribution in [0.15, 0.2) is 11.1 Å². The average Bonchev–Trinajstić information content (AvgIpc) is 2.06. The second-order valence-corrected chi connectivity index (χ2v) is 5.25. The van der Waals surface area contributed by atoms with Gasteiger partial charge in [-0.2, -0.15) is 0 Å². The van der Waals surface area contributed by atoms with Gasteiger partial charge in [-0.1, -0.05) is 11.6 Å². The lowest BCUT2D eigenvalue weighted by molar-refractivity contribution is 0.144. The van der Waals surface area contributed by atoms with Gasteiger partial charge in [-0.3, -0.25) is 0 Å². The van der Waals surface area contributed by atoms with Gasteiger partial charge in [0.1, 0.15) is 16.5 Å². The molecule has 1 aromatic heterocycles. The number of hydrogen-bond donors (Lipinski definition) is 0. The average molecular weight is 280 g/mol. The molecule has 0 bridgehead atoms. The van der Waals surface area contributed by atoms with Crippen molar-refractivity contribution in [3.63, 3.8) is 0 Å². The van der Waals surface area contributed by atoms with Crippen molar-refractivity contribution in [2.45, 2.75) is 11.5 Å². The predicted octanol–water partition coefficient (Wildman–Crippen LogP) is 2.74. The molecular formula is C6H2Cl2F3NO2S. The Kier molecular flexibility index (Phi) is 3.47. The Balaban J connectivity index is 3.52. The number of halogens is 5. The molecule has 0 saturated carbocycles. The Bertz CT molecular complexity index is 491. The molecule has 0 aliphatic carbocycles. The van der Waals surface area contributed by atoms with Crippen LogP contribution in [-0.4, -0.2) is 13.4 Å². The lowest BCUT2D eigenvalue weighted by atomic mass is 10.3. The Morgan fingerprint density at radius 3 is 2.33 bits per heavy atom. The number of aromatic nitrogens is 1. The summed E-state index contributed by atoms with van der Waals surface area (Å²) in [7, 11) is 0.370. The SMILES string of the molecule is O=S(=O)(Cl)c1nc(C(F)F)cc(F)c1Cl. The van der Waals surface area contributed by atoms with Gasteiger partial charge in [-0.15, -0.1) is 0 Å². The molecule has 0 fully saturated rings. The molecule has 1 rings (SSSR count). The maximum absolute atomic E-state index is 12.9. The number of alkyl halides is 2. The van der Waals surface area contributed by atoms with Crippen LogP contribution in [0.3, 0.4) is 0 Å². The van der Waals surface area contributed by atoms with Gasteiger partial charge in [-0.25, -0.2) is 26.6 Å². The van der Waals surface area contributed by atoms with Gasteiger partial charge in [-0.05, 0) is 0 Å². The van der Waals surface area contributed by atoms with Crippen molar-refractivity contribution in [1.82, 2.24) is 4.98 Å². The van der Waals surface area contributed by atoms with E-state index < -0.39 is 37.0 Å². The van der Waals surface area contributed by atoms with E-state index in [2.05, 4.69) is 4.98 Å². The maximum Gasteiger partial charge on any atom is 0.280 e. The molecular weight excluding hydrogens is 278 g/mol. The third-order valence-electron chi connectivity index (χ3n) is 1.36. The Hall–Kier alpha value is -0.530. The minimum Gasteiger partial charge on any atom is -0.232 e. The summed E-state index contributed by atoms with van der Waals surface area (Å²) in [5.74, 6) is -1.32. The highest BCUT2D eigenvalue weighted by atomic mass is 35.7. The molecule has 0 saturated heterocycles. The van der Waals surface area contributed by atoms with Crippen LogP contribution in [0.2, 0.25) is 5.02 Å². The molecule has 1 heterocycles. The lowest BCUT2D eigenvalue weighted by Crippen LogP contribution is -2.03. The maximum atomic E-state index is 12.9. The van der Waals surface area contributed by atoms with E-state index in [0.717, 1.165) is 0 Å². The fourth-order valence-corrected chi connectivity index (χ4v) is 2.15. The predicted molar refractivity (Wildman–Crippen MR) is 47.2 cm³/mol. The van der Waals surface area contributed by atoms with E-state index in [1.54, 1.807) is 0 Å². The summed E-state index contributed by atoms with van der Waals surface area (Å²) in [4.78, 5) is 2.96. The van der Waals surface area contributed by atoms with E-state index in [1.165, 1.54) is 0 Å². The first-order valence-electron chi connectivity index (χ1n) is 3.32. The Morgan fingerprint density at radius 2 is 1.93 bits per heavy atom. The summed E-state index contributed by atoms with van der Waals surface area (Å²) in [5.41, 5.74) is -1.05. The van der Waals surface area contributed by atoms with Gasteiger partial charge >= 0.3 is 0 Å². The molecule has 0 atom stereocenters. The van der Waals surface area contributed by atoms with Crippen LogP contribution in [0.1, 0.15) is 12.1 Å². The zero-order chi connectivity index (χ0) is 11.8. The summed E-state index contributed by atoms with van der Waals surface area (Å²) >= 11 is 5.21. The van der Waals surface area contributed by atoms with Crippen LogP contribution in [0.4, 0.5) is 13.2 Å². The normalized spacial score (nSPS) is 12.1. The second kappa shape index (κ2) is 4.15. The molecule has 0 aliphatic heterocycles. The van der Waals surface area contributed by atoms with Crippen molar-refractivity contribution in [3.05, 3.63) is 22.6 Å². The third kappa shape index (κ3) is 2.73. The molecule has 0 unspecified atom stereocenters. The van der Waals surface area contributed by atoms with Crippen LogP contribution >= 0.6 is 22.3 Å². The monoisotopic (exact) mass is 279 g/mol. The second-order valence-electron chi connectivity index (χ2n) is 2.39. The van der Waals surface area contributed by atoms with E-state index in [4.69, 9.17) is 22.3 Å². The highest BCUT2D eigenvalue weighted by Crippen LogP contribution is 2.28. The largest absolute Gasteiger partial charge is 0.280 e. The van der Waals surface area contributed by atoms with E-state index >= 15 is 0 Å². The van der Waals surface area contributed by atoms with E-state index in [-0.39, 0.29) is 0 Å². The van der Waals surface area contributed by atoms with Gasteiger partial charge in [0, 0.05) is 16.7 Å². The van der Waals surface area contributed by atoms with Crippen LogP contribution in [-0.2, 0) is 9.05 Å². The fourth-order valence-electron chi connectivity index (χ4n) is 0.767. The molecule has 0 N–H and O–H groups in total. The quantitative estimate of drug-likeness (QED) is 0.782. The minimum atomic E-state index is -4.46. The number of pyridine rings is 1. The molecule has 0 spiro atoms. The van der Waals surface area contributed by atoms with Crippen molar-refractivity contribution in [1.29, 1.82) is 0 Å². The first-order valence-corrected chi connectivity index (χ1v) is 6.01. The van der Waals surface area contributed by atoms with Crippen LogP contribution in [0.5, 0.6) is 0 Å². The van der Waals surface area contributed by atoms with Crippen LogP contribution < -0.4 is 0 Å². The third-order valence-corrected chi connectivity index (χ3v) is 3.02. The number of rotatable bonds is 2. The summed E-state index contributed by atoms with van der Waals surface area (Å²) < 4.78 is 58.8. The first-order chi connectivity index (χ1) is 6.73.